The lowest BCUT2D eigenvalue weighted by Gasteiger charge is -2.11. The van der Waals surface area contributed by atoms with Crippen LogP contribution in [-0.2, 0) is 4.74 Å². The molecule has 20 heavy (non-hydrogen) atoms. The maximum Gasteiger partial charge on any atom is 0.187 e. The van der Waals surface area contributed by atoms with E-state index < -0.39 is 0 Å². The highest BCUT2D eigenvalue weighted by atomic mass is 79.9. The standard InChI is InChI=1S/C13H16BrN3O2S/c14-11-6-9(3-4-12(11)18)7-16-17-13(20)15-8-10-2-1-5-19-10/h3-4,6-7,10,18H,1-2,5,8H2,(H2,15,17,20)/b16-7+. The molecule has 0 aromatic heterocycles. The van der Waals surface area contributed by atoms with E-state index in [1.54, 1.807) is 24.4 Å². The molecule has 1 unspecified atom stereocenters. The van der Waals surface area contributed by atoms with Crippen LogP contribution in [0.15, 0.2) is 27.8 Å². The van der Waals surface area contributed by atoms with Gasteiger partial charge >= 0.3 is 0 Å². The second-order valence-electron chi connectivity index (χ2n) is 4.43. The van der Waals surface area contributed by atoms with Gasteiger partial charge in [0.15, 0.2) is 5.11 Å². The maximum absolute atomic E-state index is 9.38. The van der Waals surface area contributed by atoms with Crippen LogP contribution in [0, 0.1) is 0 Å². The van der Waals surface area contributed by atoms with Gasteiger partial charge in [-0.25, -0.2) is 0 Å². The van der Waals surface area contributed by atoms with Gasteiger partial charge in [0.1, 0.15) is 5.75 Å². The summed E-state index contributed by atoms with van der Waals surface area (Å²) in [6.45, 7) is 1.53. The van der Waals surface area contributed by atoms with Gasteiger partial charge in [-0.05, 0) is 64.8 Å². The summed E-state index contributed by atoms with van der Waals surface area (Å²) in [5, 5.41) is 16.9. The lowest BCUT2D eigenvalue weighted by atomic mass is 10.2. The highest BCUT2D eigenvalue weighted by Gasteiger charge is 2.14. The lowest BCUT2D eigenvalue weighted by Crippen LogP contribution is -2.37. The second kappa shape index (κ2) is 7.56. The number of benzene rings is 1. The largest absolute Gasteiger partial charge is 0.507 e. The Hall–Kier alpha value is -1.18. The zero-order valence-corrected chi connectivity index (χ0v) is 13.2. The first-order valence-corrected chi connectivity index (χ1v) is 7.52. The number of ether oxygens (including phenoxy) is 1. The van der Waals surface area contributed by atoms with Crippen molar-refractivity contribution < 1.29 is 9.84 Å². The minimum absolute atomic E-state index is 0.198. The second-order valence-corrected chi connectivity index (χ2v) is 5.69. The van der Waals surface area contributed by atoms with Gasteiger partial charge in [-0.3, -0.25) is 5.43 Å². The van der Waals surface area contributed by atoms with Gasteiger partial charge in [-0.2, -0.15) is 5.10 Å². The van der Waals surface area contributed by atoms with Crippen molar-refractivity contribution in [3.8, 4) is 5.75 Å². The zero-order valence-electron chi connectivity index (χ0n) is 10.8. The Morgan fingerprint density at radius 1 is 1.60 bits per heavy atom. The first-order valence-electron chi connectivity index (χ1n) is 6.32. The van der Waals surface area contributed by atoms with Crippen LogP contribution in [0.3, 0.4) is 0 Å². The van der Waals surface area contributed by atoms with Crippen LogP contribution in [0.2, 0.25) is 0 Å². The molecular formula is C13H16BrN3O2S. The molecule has 0 aliphatic carbocycles. The summed E-state index contributed by atoms with van der Waals surface area (Å²) < 4.78 is 6.11. The molecule has 2 rings (SSSR count). The fourth-order valence-corrected chi connectivity index (χ4v) is 2.35. The molecule has 7 heteroatoms. The highest BCUT2D eigenvalue weighted by molar-refractivity contribution is 9.10. The summed E-state index contributed by atoms with van der Waals surface area (Å²) in [5.74, 6) is 0.198. The van der Waals surface area contributed by atoms with Gasteiger partial charge in [-0.1, -0.05) is 0 Å². The molecule has 1 heterocycles. The number of aromatic hydroxyl groups is 1. The van der Waals surface area contributed by atoms with Gasteiger partial charge in [-0.15, -0.1) is 0 Å². The third-order valence-corrected chi connectivity index (χ3v) is 3.74. The lowest BCUT2D eigenvalue weighted by molar-refractivity contribution is 0.114. The molecule has 1 saturated heterocycles. The van der Waals surface area contributed by atoms with Crippen molar-refractivity contribution in [3.63, 3.8) is 0 Å². The van der Waals surface area contributed by atoms with E-state index in [4.69, 9.17) is 17.0 Å². The molecule has 1 atom stereocenters. The molecule has 1 aromatic rings. The molecule has 1 aromatic carbocycles. The first kappa shape index (κ1) is 15.2. The monoisotopic (exact) mass is 357 g/mol. The van der Waals surface area contributed by atoms with E-state index in [9.17, 15) is 5.11 Å². The van der Waals surface area contributed by atoms with Gasteiger partial charge in [0.05, 0.1) is 16.8 Å². The number of nitrogens with zero attached hydrogens (tertiary/aromatic N) is 1. The van der Waals surface area contributed by atoms with Crippen LogP contribution >= 0.6 is 28.1 Å². The fraction of sp³-hybridized carbons (Fsp3) is 0.385. The van der Waals surface area contributed by atoms with Gasteiger partial charge < -0.3 is 15.2 Å². The molecule has 0 radical (unpaired) electrons. The molecule has 0 bridgehead atoms. The number of nitrogens with one attached hydrogen (secondary N) is 2. The van der Waals surface area contributed by atoms with E-state index in [-0.39, 0.29) is 11.9 Å². The fourth-order valence-electron chi connectivity index (χ4n) is 1.82. The van der Waals surface area contributed by atoms with Crippen LogP contribution in [0.4, 0.5) is 0 Å². The predicted octanol–water partition coefficient (Wildman–Crippen LogP) is 2.13. The Balaban J connectivity index is 1.74. The smallest absolute Gasteiger partial charge is 0.187 e. The number of phenols is 1. The van der Waals surface area contributed by atoms with Crippen molar-refractivity contribution in [1.82, 2.24) is 10.7 Å². The summed E-state index contributed by atoms with van der Waals surface area (Å²) in [6.07, 6.45) is 4.05. The van der Waals surface area contributed by atoms with E-state index in [0.29, 0.717) is 16.1 Å². The van der Waals surface area contributed by atoms with Gasteiger partial charge in [0.2, 0.25) is 0 Å². The Morgan fingerprint density at radius 3 is 3.15 bits per heavy atom. The van der Waals surface area contributed by atoms with Crippen molar-refractivity contribution in [1.29, 1.82) is 0 Å². The van der Waals surface area contributed by atoms with Crippen LogP contribution in [-0.4, -0.2) is 35.7 Å². The normalized spacial score (nSPS) is 18.4. The molecule has 108 valence electrons. The Kier molecular flexibility index (Phi) is 5.75. The molecule has 5 nitrogen and oxygen atoms in total. The average Bonchev–Trinajstić information content (AvgIpc) is 2.94. The maximum atomic E-state index is 9.38. The van der Waals surface area contributed by atoms with Gasteiger partial charge in [0, 0.05) is 13.2 Å². The number of hydrogen-bond donors (Lipinski definition) is 3. The molecule has 3 N–H and O–H groups in total. The topological polar surface area (TPSA) is 65.9 Å². The SMILES string of the molecule is Oc1ccc(/C=N/NC(=S)NCC2CCCO2)cc1Br. The van der Waals surface area contributed by atoms with Crippen molar-refractivity contribution >= 4 is 39.5 Å². The molecule has 0 spiro atoms. The molecule has 1 aliphatic heterocycles. The average molecular weight is 358 g/mol. The summed E-state index contributed by atoms with van der Waals surface area (Å²) in [6, 6.07) is 5.12. The number of hydrogen-bond acceptors (Lipinski definition) is 4. The summed E-state index contributed by atoms with van der Waals surface area (Å²) in [4.78, 5) is 0. The third-order valence-electron chi connectivity index (χ3n) is 2.87. The van der Waals surface area contributed by atoms with E-state index in [2.05, 4.69) is 31.8 Å². The number of rotatable bonds is 4. The van der Waals surface area contributed by atoms with Crippen LogP contribution in [0.5, 0.6) is 5.75 Å². The minimum Gasteiger partial charge on any atom is -0.507 e. The van der Waals surface area contributed by atoms with Crippen molar-refractivity contribution in [2.75, 3.05) is 13.2 Å². The number of halogens is 1. The highest BCUT2D eigenvalue weighted by Crippen LogP contribution is 2.23. The van der Waals surface area contributed by atoms with Crippen LogP contribution in [0.1, 0.15) is 18.4 Å². The molecule has 1 fully saturated rings. The molecule has 0 saturated carbocycles. The van der Waals surface area contributed by atoms with Crippen LogP contribution < -0.4 is 10.7 Å². The molecule has 1 aliphatic rings. The Morgan fingerprint density at radius 2 is 2.45 bits per heavy atom. The van der Waals surface area contributed by atoms with E-state index >= 15 is 0 Å². The van der Waals surface area contributed by atoms with E-state index in [0.717, 1.165) is 25.0 Å². The van der Waals surface area contributed by atoms with Crippen LogP contribution in [0.25, 0.3) is 0 Å². The van der Waals surface area contributed by atoms with E-state index in [1.807, 2.05) is 0 Å². The Labute approximate surface area is 131 Å². The minimum atomic E-state index is 0.198. The number of hydrazone groups is 1. The van der Waals surface area contributed by atoms with Crippen molar-refractivity contribution in [2.24, 2.45) is 5.10 Å². The van der Waals surface area contributed by atoms with E-state index in [1.165, 1.54) is 0 Å². The van der Waals surface area contributed by atoms with Crippen molar-refractivity contribution in [3.05, 3.63) is 28.2 Å². The van der Waals surface area contributed by atoms with Gasteiger partial charge in [0.25, 0.3) is 0 Å². The zero-order chi connectivity index (χ0) is 14.4. The Bertz CT molecular complexity index is 504. The predicted molar refractivity (Wildman–Crippen MR) is 86.1 cm³/mol. The quantitative estimate of drug-likeness (QED) is 0.437. The molecule has 0 amide bonds. The summed E-state index contributed by atoms with van der Waals surface area (Å²) >= 11 is 8.36. The number of phenolic OH excluding ortho intramolecular Hbond substituents is 1. The number of thiocarbonyl (C=S) groups is 1. The summed E-state index contributed by atoms with van der Waals surface area (Å²) in [5.41, 5.74) is 3.60. The molecular weight excluding hydrogens is 342 g/mol. The first-order chi connectivity index (χ1) is 9.65. The third kappa shape index (κ3) is 4.73. The summed E-state index contributed by atoms with van der Waals surface area (Å²) in [7, 11) is 0. The van der Waals surface area contributed by atoms with Crippen molar-refractivity contribution in [2.45, 2.75) is 18.9 Å².